The molecule has 2 aromatic heterocycles. The minimum absolute atomic E-state index is 0.00499. The van der Waals surface area contributed by atoms with Crippen LogP contribution in [-0.2, 0) is 20.8 Å². The van der Waals surface area contributed by atoms with E-state index in [0.717, 1.165) is 18.3 Å². The number of aromatic nitrogens is 3. The van der Waals surface area contributed by atoms with E-state index >= 15 is 0 Å². The van der Waals surface area contributed by atoms with E-state index in [-0.39, 0.29) is 46.9 Å². The van der Waals surface area contributed by atoms with Gasteiger partial charge in [-0.05, 0) is 42.7 Å². The van der Waals surface area contributed by atoms with Crippen LogP contribution in [0.4, 0.5) is 27.9 Å². The van der Waals surface area contributed by atoms with Gasteiger partial charge < -0.3 is 20.1 Å². The maximum absolute atomic E-state index is 13.5. The van der Waals surface area contributed by atoms with Crippen LogP contribution in [0.15, 0.2) is 59.9 Å². The second-order valence-corrected chi connectivity index (χ2v) is 12.9. The summed E-state index contributed by atoms with van der Waals surface area (Å²) in [5.74, 6) is -0.937. The third kappa shape index (κ3) is 8.70. The molecule has 45 heavy (non-hydrogen) atoms. The zero-order valence-corrected chi connectivity index (χ0v) is 25.2. The number of hydrogen-bond acceptors (Lipinski definition) is 9. The molecular weight excluding hydrogens is 625 g/mol. The van der Waals surface area contributed by atoms with Gasteiger partial charge in [0.1, 0.15) is 0 Å². The van der Waals surface area contributed by atoms with Gasteiger partial charge in [-0.3, -0.25) is 9.78 Å². The number of pyridine rings is 1. The van der Waals surface area contributed by atoms with Gasteiger partial charge in [0, 0.05) is 38.0 Å². The van der Waals surface area contributed by atoms with Crippen molar-refractivity contribution in [2.75, 3.05) is 30.4 Å². The van der Waals surface area contributed by atoms with E-state index in [1.807, 2.05) is 0 Å². The highest BCUT2D eigenvalue weighted by molar-refractivity contribution is 7.91. The van der Waals surface area contributed by atoms with Crippen molar-refractivity contribution in [3.05, 3.63) is 77.4 Å². The Morgan fingerprint density at radius 2 is 1.71 bits per heavy atom. The highest BCUT2D eigenvalue weighted by Gasteiger charge is 2.35. The fourth-order valence-electron chi connectivity index (χ4n) is 4.89. The van der Waals surface area contributed by atoms with Crippen LogP contribution in [-0.4, -0.2) is 72.0 Å². The average Bonchev–Trinajstić information content (AvgIpc) is 3.02. The van der Waals surface area contributed by atoms with Crippen molar-refractivity contribution in [3.8, 4) is 0 Å². The van der Waals surface area contributed by atoms with Gasteiger partial charge in [0.05, 0.1) is 52.8 Å². The van der Waals surface area contributed by atoms with Crippen molar-refractivity contribution >= 4 is 21.7 Å². The zero-order valence-electron chi connectivity index (χ0n) is 24.3. The molecule has 0 aliphatic carbocycles. The molecule has 1 fully saturated rings. The molecule has 0 saturated carbocycles. The first kappa shape index (κ1) is 34.1. The number of nitrogens with one attached hydrogen (secondary N) is 1. The Balaban J connectivity index is 1.50. The molecule has 0 radical (unpaired) electrons. The first-order chi connectivity index (χ1) is 21.1. The third-order valence-corrected chi connectivity index (χ3v) is 9.17. The van der Waals surface area contributed by atoms with Crippen LogP contribution >= 0.6 is 0 Å². The van der Waals surface area contributed by atoms with E-state index in [1.54, 1.807) is 4.90 Å². The van der Waals surface area contributed by atoms with E-state index in [9.17, 15) is 40.3 Å². The first-order valence-electron chi connectivity index (χ1n) is 14.0. The van der Waals surface area contributed by atoms with Crippen LogP contribution in [0.25, 0.3) is 0 Å². The number of aliphatic hydroxyl groups is 1. The molecule has 4 rings (SSSR count). The normalized spacial score (nSPS) is 18.4. The number of rotatable bonds is 11. The minimum atomic E-state index is -4.48. The molecule has 0 bridgehead atoms. The van der Waals surface area contributed by atoms with Crippen molar-refractivity contribution < 1.29 is 45.0 Å². The number of halogens is 5. The molecule has 3 atom stereocenters. The number of aliphatic hydroxyl groups excluding tert-OH is 1. The van der Waals surface area contributed by atoms with Gasteiger partial charge in [0.2, 0.25) is 5.95 Å². The number of ether oxygens (including phenoxy) is 1. The summed E-state index contributed by atoms with van der Waals surface area (Å²) in [5, 5.41) is 12.4. The summed E-state index contributed by atoms with van der Waals surface area (Å²) in [5.41, 5.74) is 0.0737. The predicted octanol–water partition coefficient (Wildman–Crippen LogP) is 4.53. The number of anilines is 1. The molecule has 1 aromatic carbocycles. The first-order valence-corrected chi connectivity index (χ1v) is 15.6. The van der Waals surface area contributed by atoms with Gasteiger partial charge in [0.15, 0.2) is 9.84 Å². The third-order valence-electron chi connectivity index (χ3n) is 7.45. The summed E-state index contributed by atoms with van der Waals surface area (Å²) in [6.45, 7) is 1.40. The Kier molecular flexibility index (Phi) is 10.4. The molecule has 10 nitrogen and oxygen atoms in total. The molecule has 1 unspecified atom stereocenters. The lowest BCUT2D eigenvalue weighted by molar-refractivity contribution is -0.226. The average molecular weight is 658 g/mol. The molecule has 244 valence electrons. The largest absolute Gasteiger partial charge is 0.416 e. The van der Waals surface area contributed by atoms with Gasteiger partial charge in [0.25, 0.3) is 5.91 Å². The summed E-state index contributed by atoms with van der Waals surface area (Å²) >= 11 is 0. The lowest BCUT2D eigenvalue weighted by Crippen LogP contribution is -2.47. The molecule has 16 heteroatoms. The molecule has 2 N–H and O–H groups in total. The molecule has 1 aliphatic heterocycles. The molecule has 0 spiro atoms. The number of nitrogens with zero attached hydrogens (tertiary/aromatic N) is 4. The van der Waals surface area contributed by atoms with Crippen molar-refractivity contribution in [1.29, 1.82) is 0 Å². The van der Waals surface area contributed by atoms with Crippen molar-refractivity contribution in [2.24, 2.45) is 0 Å². The van der Waals surface area contributed by atoms with Gasteiger partial charge in [-0.2, -0.15) is 22.0 Å². The van der Waals surface area contributed by atoms with Crippen LogP contribution < -0.4 is 10.2 Å². The number of alkyl halides is 5. The van der Waals surface area contributed by atoms with Crippen LogP contribution in [0.5, 0.6) is 0 Å². The summed E-state index contributed by atoms with van der Waals surface area (Å²) in [6.07, 6.45) is -3.45. The second-order valence-electron chi connectivity index (χ2n) is 10.6. The van der Waals surface area contributed by atoms with E-state index in [0.29, 0.717) is 25.3 Å². The lowest BCUT2D eigenvalue weighted by Gasteiger charge is -2.40. The topological polar surface area (TPSA) is 135 Å². The Morgan fingerprint density at radius 1 is 1.04 bits per heavy atom. The van der Waals surface area contributed by atoms with Crippen LogP contribution in [0.2, 0.25) is 0 Å². The number of piperidine rings is 1. The molecule has 1 saturated heterocycles. The maximum Gasteiger partial charge on any atom is 0.416 e. The molecule has 3 aromatic rings. The number of hydrogen-bond donors (Lipinski definition) is 2. The van der Waals surface area contributed by atoms with Crippen molar-refractivity contribution in [1.82, 2.24) is 20.3 Å². The zero-order chi connectivity index (χ0) is 33.0. The van der Waals surface area contributed by atoms with Gasteiger partial charge in [-0.15, -0.1) is 0 Å². The molecular formula is C29H32F5N5O5S. The Bertz CT molecular complexity index is 1550. The van der Waals surface area contributed by atoms with Crippen LogP contribution in [0.1, 0.15) is 65.8 Å². The van der Waals surface area contributed by atoms with Gasteiger partial charge in [-0.25, -0.2) is 18.4 Å². The predicted molar refractivity (Wildman–Crippen MR) is 152 cm³/mol. The fraction of sp³-hybridized carbons (Fsp3) is 0.448. The monoisotopic (exact) mass is 657 g/mol. The van der Waals surface area contributed by atoms with Crippen molar-refractivity contribution in [3.63, 3.8) is 0 Å². The van der Waals surface area contributed by atoms with Crippen LogP contribution in [0.3, 0.4) is 0 Å². The van der Waals surface area contributed by atoms with Crippen molar-refractivity contribution in [2.45, 2.75) is 61.9 Å². The lowest BCUT2D eigenvalue weighted by atomic mass is 9.87. The van der Waals surface area contributed by atoms with E-state index in [4.69, 9.17) is 4.74 Å². The Labute approximate surface area is 256 Å². The smallest absolute Gasteiger partial charge is 0.394 e. The standard InChI is InChI=1S/C29H32F5N5O5S/c1-3-45(42,43)23-10-11-24(35-14-23)25(16-40)38-26(41)20-12-36-27(37-13-20)39-15-19(6-9-22(39)17-44-28(2,30)31)18-4-7-21(8-5-18)29(32,33)34/h4-5,7-8,10-14,19,22,25,40H,3,6,9,15-17H2,1-2H3,(H,38,41)/t19?,22-,25-/m0/s1. The number of amides is 1. The maximum atomic E-state index is 13.5. The fourth-order valence-corrected chi connectivity index (χ4v) is 5.72. The number of benzene rings is 1. The summed E-state index contributed by atoms with van der Waals surface area (Å²) in [4.78, 5) is 27.2. The highest BCUT2D eigenvalue weighted by atomic mass is 32.2. The highest BCUT2D eigenvalue weighted by Crippen LogP contribution is 2.35. The SMILES string of the molecule is CCS(=O)(=O)c1ccc([C@H](CO)NC(=O)c2cnc(N3CC(c4ccc(C(F)(F)F)cc4)CC[C@H]3COC(C)(F)F)nc2)nc1. The van der Waals surface area contributed by atoms with E-state index < -0.39 is 52.3 Å². The number of carbonyl (C=O) groups is 1. The minimum Gasteiger partial charge on any atom is -0.394 e. The summed E-state index contributed by atoms with van der Waals surface area (Å²) in [7, 11) is -3.49. The Hall–Kier alpha value is -3.76. The molecule has 3 heterocycles. The summed E-state index contributed by atoms with van der Waals surface area (Å²) in [6, 6.07) is 5.93. The Morgan fingerprint density at radius 3 is 2.24 bits per heavy atom. The molecule has 1 aliphatic rings. The van der Waals surface area contributed by atoms with Gasteiger partial charge in [-0.1, -0.05) is 19.1 Å². The number of sulfone groups is 1. The van der Waals surface area contributed by atoms with Gasteiger partial charge >= 0.3 is 12.3 Å². The van der Waals surface area contributed by atoms with E-state index in [1.165, 1.54) is 43.6 Å². The van der Waals surface area contributed by atoms with E-state index in [2.05, 4.69) is 20.3 Å². The summed E-state index contributed by atoms with van der Waals surface area (Å²) < 4.78 is 95.0. The molecule has 1 amide bonds. The quantitative estimate of drug-likeness (QED) is 0.285. The number of carbonyl (C=O) groups excluding carboxylic acids is 1. The van der Waals surface area contributed by atoms with Crippen LogP contribution in [0, 0.1) is 0 Å². The second kappa shape index (κ2) is 13.7.